The van der Waals surface area contributed by atoms with E-state index in [1.54, 1.807) is 4.68 Å². The van der Waals surface area contributed by atoms with Crippen molar-refractivity contribution in [1.82, 2.24) is 35.4 Å². The van der Waals surface area contributed by atoms with Gasteiger partial charge >= 0.3 is 0 Å². The topological polar surface area (TPSA) is 91.7 Å². The van der Waals surface area contributed by atoms with Crippen LogP contribution in [0.3, 0.4) is 0 Å². The zero-order valence-corrected chi connectivity index (χ0v) is 17.7. The molecular formula is C23H27N7O. The summed E-state index contributed by atoms with van der Waals surface area (Å²) in [5.74, 6) is 0.493. The van der Waals surface area contributed by atoms with E-state index in [0.29, 0.717) is 11.5 Å². The first-order valence-electron chi connectivity index (χ1n) is 10.9. The number of H-pyrrole nitrogens is 1. The van der Waals surface area contributed by atoms with Gasteiger partial charge in [-0.3, -0.25) is 9.89 Å². The zero-order valence-electron chi connectivity index (χ0n) is 17.7. The maximum absolute atomic E-state index is 12.5. The molecule has 1 aliphatic heterocycles. The van der Waals surface area contributed by atoms with Crippen LogP contribution in [0.15, 0.2) is 30.5 Å². The summed E-state index contributed by atoms with van der Waals surface area (Å²) < 4.78 is 1.71. The summed E-state index contributed by atoms with van der Waals surface area (Å²) in [4.78, 5) is 14.9. The maximum Gasteiger partial charge on any atom is 0.251 e. The van der Waals surface area contributed by atoms with E-state index in [2.05, 4.69) is 49.9 Å². The number of hydrogen-bond donors (Lipinski definition) is 2. The molecule has 3 aromatic rings. The van der Waals surface area contributed by atoms with Gasteiger partial charge in [-0.1, -0.05) is 17.4 Å². The van der Waals surface area contributed by atoms with Crippen molar-refractivity contribution in [1.29, 1.82) is 0 Å². The van der Waals surface area contributed by atoms with Crippen LogP contribution < -0.4 is 15.9 Å². The highest BCUT2D eigenvalue weighted by Gasteiger charge is 2.18. The lowest BCUT2D eigenvalue weighted by Crippen LogP contribution is -2.39. The Morgan fingerprint density at radius 2 is 2.06 bits per heavy atom. The van der Waals surface area contributed by atoms with Crippen LogP contribution in [0.2, 0.25) is 0 Å². The molecule has 1 atom stereocenters. The van der Waals surface area contributed by atoms with Gasteiger partial charge < -0.3 is 10.2 Å². The van der Waals surface area contributed by atoms with Crippen molar-refractivity contribution in [2.75, 3.05) is 26.7 Å². The number of carbonyl (C=O) groups excluding carboxylic acids is 1. The Balaban J connectivity index is 1.26. The number of hydrogen-bond acceptors (Lipinski definition) is 5. The fourth-order valence-electron chi connectivity index (χ4n) is 4.42. The van der Waals surface area contributed by atoms with Gasteiger partial charge in [0.1, 0.15) is 11.4 Å². The lowest BCUT2D eigenvalue weighted by atomic mass is 9.98. The molecule has 8 heteroatoms. The van der Waals surface area contributed by atoms with Crippen molar-refractivity contribution >= 4 is 18.1 Å². The number of benzene rings is 1. The molecule has 1 unspecified atom stereocenters. The predicted octanol–water partition coefficient (Wildman–Crippen LogP) is 1.08. The molecule has 5 rings (SSSR count). The van der Waals surface area contributed by atoms with Crippen LogP contribution >= 0.6 is 0 Å². The van der Waals surface area contributed by atoms with Crippen molar-refractivity contribution < 1.29 is 4.79 Å². The largest absolute Gasteiger partial charge is 0.352 e. The summed E-state index contributed by atoms with van der Waals surface area (Å²) in [5.41, 5.74) is 3.05. The summed E-state index contributed by atoms with van der Waals surface area (Å²) >= 11 is 0. The Hall–Kier alpha value is -3.26. The van der Waals surface area contributed by atoms with Crippen molar-refractivity contribution in [2.45, 2.75) is 25.7 Å². The van der Waals surface area contributed by atoms with Crippen LogP contribution in [-0.4, -0.2) is 62.7 Å². The lowest BCUT2D eigenvalue weighted by Gasteiger charge is -2.29. The van der Waals surface area contributed by atoms with E-state index in [4.69, 9.17) is 0 Å². The van der Waals surface area contributed by atoms with Crippen LogP contribution in [0, 0.1) is 5.92 Å². The number of aromatic nitrogens is 5. The summed E-state index contributed by atoms with van der Waals surface area (Å²) in [6.45, 7) is 2.91. The third kappa shape index (κ3) is 4.16. The molecule has 8 nitrogen and oxygen atoms in total. The average Bonchev–Trinajstić information content (AvgIpc) is 3.45. The van der Waals surface area contributed by atoms with Crippen LogP contribution in [0.5, 0.6) is 0 Å². The number of fused-ring (bicyclic) bond motifs is 1. The number of nitrogens with one attached hydrogen (secondary N) is 2. The smallest absolute Gasteiger partial charge is 0.251 e. The normalized spacial score (nSPS) is 18.7. The van der Waals surface area contributed by atoms with Gasteiger partial charge in [0, 0.05) is 23.9 Å². The Morgan fingerprint density at radius 1 is 1.23 bits per heavy atom. The van der Waals surface area contributed by atoms with Gasteiger partial charge in [0.25, 0.3) is 5.91 Å². The fourth-order valence-corrected chi connectivity index (χ4v) is 4.42. The minimum atomic E-state index is -0.0333. The molecule has 0 saturated carbocycles. The van der Waals surface area contributed by atoms with E-state index in [0.717, 1.165) is 60.1 Å². The van der Waals surface area contributed by atoms with E-state index in [9.17, 15) is 4.79 Å². The SMILES string of the molecule is CN1CCCC(CNC(=O)c2ccc(-n3cc(-c4n[nH]c5c4=CCCC=5)nn3)cc2)C1. The van der Waals surface area contributed by atoms with Gasteiger partial charge in [-0.15, -0.1) is 5.10 Å². The summed E-state index contributed by atoms with van der Waals surface area (Å²) in [7, 11) is 2.14. The van der Waals surface area contributed by atoms with Crippen molar-refractivity contribution in [3.8, 4) is 17.1 Å². The quantitative estimate of drug-likeness (QED) is 0.648. The minimum absolute atomic E-state index is 0.0333. The van der Waals surface area contributed by atoms with Crippen LogP contribution in [0.1, 0.15) is 36.0 Å². The molecule has 0 bridgehead atoms. The van der Waals surface area contributed by atoms with E-state index in [-0.39, 0.29) is 5.91 Å². The molecule has 1 aromatic carbocycles. The van der Waals surface area contributed by atoms with Crippen molar-refractivity contribution in [2.24, 2.45) is 5.92 Å². The van der Waals surface area contributed by atoms with E-state index in [1.165, 1.54) is 12.8 Å². The third-order valence-electron chi connectivity index (χ3n) is 6.10. The monoisotopic (exact) mass is 417 g/mol. The second kappa shape index (κ2) is 8.47. The average molecular weight is 418 g/mol. The van der Waals surface area contributed by atoms with Crippen molar-refractivity contribution in [3.63, 3.8) is 0 Å². The van der Waals surface area contributed by atoms with E-state index >= 15 is 0 Å². The molecule has 2 aliphatic rings. The van der Waals surface area contributed by atoms with Gasteiger partial charge in [0.15, 0.2) is 0 Å². The molecule has 0 radical (unpaired) electrons. The third-order valence-corrected chi connectivity index (χ3v) is 6.10. The summed E-state index contributed by atoms with van der Waals surface area (Å²) in [6, 6.07) is 7.44. The van der Waals surface area contributed by atoms with Crippen LogP contribution in [0.25, 0.3) is 29.2 Å². The van der Waals surface area contributed by atoms with Gasteiger partial charge in [-0.05, 0) is 69.5 Å². The molecule has 1 amide bonds. The number of aromatic amines is 1. The Morgan fingerprint density at radius 3 is 2.90 bits per heavy atom. The molecule has 160 valence electrons. The minimum Gasteiger partial charge on any atom is -0.352 e. The van der Waals surface area contributed by atoms with Gasteiger partial charge in [-0.2, -0.15) is 5.10 Å². The zero-order chi connectivity index (χ0) is 21.2. The number of nitrogens with zero attached hydrogens (tertiary/aromatic N) is 5. The highest BCUT2D eigenvalue weighted by molar-refractivity contribution is 5.94. The maximum atomic E-state index is 12.5. The number of carbonyl (C=O) groups is 1. The first-order valence-corrected chi connectivity index (χ1v) is 10.9. The first-order chi connectivity index (χ1) is 15.2. The highest BCUT2D eigenvalue weighted by atomic mass is 16.1. The van der Waals surface area contributed by atoms with Crippen LogP contribution in [0.4, 0.5) is 0 Å². The molecule has 31 heavy (non-hydrogen) atoms. The first kappa shape index (κ1) is 19.7. The molecule has 1 aliphatic carbocycles. The summed E-state index contributed by atoms with van der Waals surface area (Å²) in [6.07, 6.45) is 10.6. The second-order valence-corrected chi connectivity index (χ2v) is 8.46. The Labute approximate surface area is 180 Å². The molecular weight excluding hydrogens is 390 g/mol. The summed E-state index contributed by atoms with van der Waals surface area (Å²) in [5, 5.41) is 21.3. The van der Waals surface area contributed by atoms with Crippen LogP contribution in [-0.2, 0) is 0 Å². The van der Waals surface area contributed by atoms with Gasteiger partial charge in [-0.25, -0.2) is 4.68 Å². The molecule has 2 N–H and O–H groups in total. The molecule has 2 aromatic heterocycles. The number of piperidine rings is 1. The lowest BCUT2D eigenvalue weighted by molar-refractivity contribution is 0.0937. The van der Waals surface area contributed by atoms with Crippen molar-refractivity contribution in [3.05, 3.63) is 46.6 Å². The molecule has 0 spiro atoms. The molecule has 1 saturated heterocycles. The number of amides is 1. The highest BCUT2D eigenvalue weighted by Crippen LogP contribution is 2.15. The van der Waals surface area contributed by atoms with Gasteiger partial charge in [0.05, 0.1) is 17.2 Å². The molecule has 3 heterocycles. The van der Waals surface area contributed by atoms with Gasteiger partial charge in [0.2, 0.25) is 0 Å². The predicted molar refractivity (Wildman–Crippen MR) is 119 cm³/mol. The number of likely N-dealkylation sites (tertiary alicyclic amines) is 1. The second-order valence-electron chi connectivity index (χ2n) is 8.46. The van der Waals surface area contributed by atoms with E-state index < -0.39 is 0 Å². The fraction of sp³-hybridized carbons (Fsp3) is 0.391. The molecule has 1 fully saturated rings. The standard InChI is InChI=1S/C23H27N7O/c1-29-12-4-5-16(14-29)13-24-23(31)17-8-10-18(11-9-17)30-15-21(26-28-30)22-19-6-2-3-7-20(19)25-27-22/h6-11,15-16,25H,2-5,12-14H2,1H3,(H,24,31). The number of rotatable bonds is 5. The Bertz CT molecular complexity index is 1190. The Kier molecular flexibility index (Phi) is 5.38. The van der Waals surface area contributed by atoms with E-state index in [1.807, 2.05) is 30.5 Å².